The van der Waals surface area contributed by atoms with Crippen LogP contribution in [-0.2, 0) is 9.59 Å². The molecule has 0 aromatic rings. The number of nitrogens with zero attached hydrogens (tertiary/aromatic N) is 1. The average Bonchev–Trinajstić information content (AvgIpc) is 2.20. The van der Waals surface area contributed by atoms with Crippen molar-refractivity contribution in [3.05, 3.63) is 0 Å². The number of rotatable bonds is 7. The second kappa shape index (κ2) is 7.36. The zero-order valence-electron chi connectivity index (χ0n) is 12.1. The van der Waals surface area contributed by atoms with E-state index in [0.717, 1.165) is 13.0 Å². The molecule has 0 aliphatic rings. The smallest absolute Gasteiger partial charge is 0.320 e. The molecule has 5 heteroatoms. The molecule has 0 saturated heterocycles. The van der Waals surface area contributed by atoms with Crippen LogP contribution in [0.3, 0.4) is 0 Å². The van der Waals surface area contributed by atoms with E-state index in [1.54, 1.807) is 6.92 Å². The lowest BCUT2D eigenvalue weighted by atomic mass is 9.92. The van der Waals surface area contributed by atoms with Crippen molar-refractivity contribution in [3.63, 3.8) is 0 Å². The van der Waals surface area contributed by atoms with Gasteiger partial charge in [0.1, 0.15) is 6.04 Å². The summed E-state index contributed by atoms with van der Waals surface area (Å²) in [5.74, 6) is -0.916. The maximum absolute atomic E-state index is 11.0. The first-order chi connectivity index (χ1) is 8.13. The summed E-state index contributed by atoms with van der Waals surface area (Å²) in [5, 5.41) is 11.8. The highest BCUT2D eigenvalue weighted by molar-refractivity contribution is 5.73. The van der Waals surface area contributed by atoms with Crippen LogP contribution in [0, 0.1) is 5.41 Å². The summed E-state index contributed by atoms with van der Waals surface area (Å²) in [6, 6.07) is -0.527. The summed E-state index contributed by atoms with van der Waals surface area (Å²) >= 11 is 0. The molecule has 1 atom stereocenters. The molecule has 0 saturated carbocycles. The van der Waals surface area contributed by atoms with Crippen molar-refractivity contribution in [3.8, 4) is 0 Å². The van der Waals surface area contributed by atoms with E-state index in [0.29, 0.717) is 13.1 Å². The summed E-state index contributed by atoms with van der Waals surface area (Å²) in [5.41, 5.74) is 0.171. The van der Waals surface area contributed by atoms with E-state index in [2.05, 4.69) is 26.1 Å². The number of carboxylic acid groups (broad SMARTS) is 1. The van der Waals surface area contributed by atoms with Gasteiger partial charge in [0, 0.05) is 20.0 Å². The fraction of sp³-hybridized carbons (Fsp3) is 0.846. The minimum Gasteiger partial charge on any atom is -0.480 e. The number of carbonyl (C=O) groups excluding carboxylic acids is 1. The van der Waals surface area contributed by atoms with Crippen LogP contribution >= 0.6 is 0 Å². The number of hydrogen-bond donors (Lipinski definition) is 2. The van der Waals surface area contributed by atoms with E-state index >= 15 is 0 Å². The molecule has 5 nitrogen and oxygen atoms in total. The lowest BCUT2D eigenvalue weighted by Crippen LogP contribution is -2.44. The quantitative estimate of drug-likeness (QED) is 0.723. The molecule has 0 heterocycles. The van der Waals surface area contributed by atoms with Crippen molar-refractivity contribution in [2.24, 2.45) is 5.41 Å². The third kappa shape index (κ3) is 8.06. The van der Waals surface area contributed by atoms with Crippen LogP contribution < -0.4 is 5.32 Å². The maximum Gasteiger partial charge on any atom is 0.320 e. The molecule has 0 fully saturated rings. The van der Waals surface area contributed by atoms with Crippen LogP contribution in [0.4, 0.5) is 0 Å². The maximum atomic E-state index is 11.0. The summed E-state index contributed by atoms with van der Waals surface area (Å²) in [4.78, 5) is 23.7. The van der Waals surface area contributed by atoms with Gasteiger partial charge >= 0.3 is 5.97 Å². The molecule has 0 aromatic heterocycles. The van der Waals surface area contributed by atoms with E-state index in [1.165, 1.54) is 6.92 Å². The standard InChI is InChI=1S/C13H26N2O3/c1-10(12(17)18)15(8-6-13(3,4)5)9-7-14-11(2)16/h10H,6-9H2,1-5H3,(H,14,16)(H,17,18). The van der Waals surface area contributed by atoms with Crippen LogP contribution in [0.25, 0.3) is 0 Å². The molecule has 0 spiro atoms. The highest BCUT2D eigenvalue weighted by atomic mass is 16.4. The monoisotopic (exact) mass is 258 g/mol. The molecule has 2 N–H and O–H groups in total. The van der Waals surface area contributed by atoms with Gasteiger partial charge in [-0.1, -0.05) is 20.8 Å². The van der Waals surface area contributed by atoms with Crippen molar-refractivity contribution in [1.29, 1.82) is 0 Å². The molecule has 0 bridgehead atoms. The minimum atomic E-state index is -0.827. The van der Waals surface area contributed by atoms with Gasteiger partial charge < -0.3 is 10.4 Å². The molecular weight excluding hydrogens is 232 g/mol. The van der Waals surface area contributed by atoms with Crippen LogP contribution in [0.1, 0.15) is 41.0 Å². The number of carboxylic acids is 1. The van der Waals surface area contributed by atoms with Crippen molar-refractivity contribution < 1.29 is 14.7 Å². The zero-order chi connectivity index (χ0) is 14.3. The Hall–Kier alpha value is -1.10. The molecule has 0 radical (unpaired) electrons. The first-order valence-corrected chi connectivity index (χ1v) is 6.35. The highest BCUT2D eigenvalue weighted by Crippen LogP contribution is 2.19. The fourth-order valence-electron chi connectivity index (χ4n) is 1.51. The SMILES string of the molecule is CC(=O)NCCN(CCC(C)(C)C)C(C)C(=O)O. The Morgan fingerprint density at radius 1 is 1.28 bits per heavy atom. The van der Waals surface area contributed by atoms with Gasteiger partial charge in [0.25, 0.3) is 0 Å². The van der Waals surface area contributed by atoms with Crippen molar-refractivity contribution in [1.82, 2.24) is 10.2 Å². The van der Waals surface area contributed by atoms with E-state index in [4.69, 9.17) is 5.11 Å². The topological polar surface area (TPSA) is 69.6 Å². The van der Waals surface area contributed by atoms with Crippen LogP contribution in [0.15, 0.2) is 0 Å². The van der Waals surface area contributed by atoms with Crippen molar-refractivity contribution in [2.75, 3.05) is 19.6 Å². The van der Waals surface area contributed by atoms with Crippen LogP contribution in [0.2, 0.25) is 0 Å². The summed E-state index contributed by atoms with van der Waals surface area (Å²) in [6.45, 7) is 11.3. The molecule has 106 valence electrons. The number of nitrogens with one attached hydrogen (secondary N) is 1. The van der Waals surface area contributed by atoms with E-state index in [1.807, 2.05) is 4.90 Å². The van der Waals surface area contributed by atoms with Gasteiger partial charge in [-0.25, -0.2) is 0 Å². The van der Waals surface area contributed by atoms with Crippen molar-refractivity contribution >= 4 is 11.9 Å². The molecule has 18 heavy (non-hydrogen) atoms. The van der Waals surface area contributed by atoms with Crippen molar-refractivity contribution in [2.45, 2.75) is 47.1 Å². The number of aliphatic carboxylic acids is 1. The first kappa shape index (κ1) is 16.9. The molecule has 1 amide bonds. The Morgan fingerprint density at radius 3 is 2.22 bits per heavy atom. The predicted octanol–water partition coefficient (Wildman–Crippen LogP) is 1.33. The molecule has 0 aromatic carbocycles. The van der Waals surface area contributed by atoms with Gasteiger partial charge in [0.2, 0.25) is 5.91 Å². The number of amides is 1. The fourth-order valence-corrected chi connectivity index (χ4v) is 1.51. The lowest BCUT2D eigenvalue weighted by molar-refractivity contribution is -0.142. The second-order valence-electron chi connectivity index (χ2n) is 5.84. The van der Waals surface area contributed by atoms with Crippen LogP contribution in [-0.4, -0.2) is 47.6 Å². The van der Waals surface area contributed by atoms with Gasteiger partial charge in [-0.2, -0.15) is 0 Å². The summed E-state index contributed by atoms with van der Waals surface area (Å²) in [6.07, 6.45) is 0.921. The highest BCUT2D eigenvalue weighted by Gasteiger charge is 2.22. The third-order valence-electron chi connectivity index (χ3n) is 2.83. The van der Waals surface area contributed by atoms with Gasteiger partial charge in [-0.3, -0.25) is 14.5 Å². The zero-order valence-corrected chi connectivity index (χ0v) is 12.1. The lowest BCUT2D eigenvalue weighted by Gasteiger charge is -2.29. The minimum absolute atomic E-state index is 0.0891. The van der Waals surface area contributed by atoms with E-state index in [9.17, 15) is 9.59 Å². The molecule has 0 rings (SSSR count). The largest absolute Gasteiger partial charge is 0.480 e. The Bertz CT molecular complexity index is 284. The van der Waals surface area contributed by atoms with E-state index < -0.39 is 12.0 Å². The van der Waals surface area contributed by atoms with Gasteiger partial charge in [-0.05, 0) is 25.3 Å². The molecule has 0 aliphatic carbocycles. The van der Waals surface area contributed by atoms with Gasteiger partial charge in [-0.15, -0.1) is 0 Å². The average molecular weight is 258 g/mol. The van der Waals surface area contributed by atoms with Crippen LogP contribution in [0.5, 0.6) is 0 Å². The Balaban J connectivity index is 4.34. The Labute approximate surface area is 110 Å². The summed E-state index contributed by atoms with van der Waals surface area (Å²) in [7, 11) is 0. The van der Waals surface area contributed by atoms with E-state index in [-0.39, 0.29) is 11.3 Å². The van der Waals surface area contributed by atoms with Gasteiger partial charge in [0.15, 0.2) is 0 Å². The predicted molar refractivity (Wildman–Crippen MR) is 71.4 cm³/mol. The molecular formula is C13H26N2O3. The Morgan fingerprint density at radius 2 is 1.83 bits per heavy atom. The number of carbonyl (C=O) groups is 2. The first-order valence-electron chi connectivity index (χ1n) is 6.35. The Kier molecular flexibility index (Phi) is 6.91. The van der Waals surface area contributed by atoms with Gasteiger partial charge in [0.05, 0.1) is 0 Å². The number of hydrogen-bond acceptors (Lipinski definition) is 3. The molecule has 1 unspecified atom stereocenters. The third-order valence-corrected chi connectivity index (χ3v) is 2.83. The second-order valence-corrected chi connectivity index (χ2v) is 5.84. The molecule has 0 aliphatic heterocycles. The normalized spacial score (nSPS) is 13.4. The summed E-state index contributed by atoms with van der Waals surface area (Å²) < 4.78 is 0.